The molecule has 1 aromatic heterocycles. The quantitative estimate of drug-likeness (QED) is 0.695. The molecule has 1 fully saturated rings. The van der Waals surface area contributed by atoms with Gasteiger partial charge in [-0.3, -0.25) is 0 Å². The predicted octanol–water partition coefficient (Wildman–Crippen LogP) is 1.68. The molecule has 0 unspecified atom stereocenters. The maximum absolute atomic E-state index is 12.3. The number of halogens is 3. The highest BCUT2D eigenvalue weighted by Crippen LogP contribution is 2.25. The summed E-state index contributed by atoms with van der Waals surface area (Å²) in [5.41, 5.74) is -0.657. The Morgan fingerprint density at radius 1 is 1.36 bits per heavy atom. The molecule has 1 aliphatic rings. The van der Waals surface area contributed by atoms with Crippen LogP contribution in [-0.2, 0) is 0 Å². The molecule has 6 heteroatoms. The van der Waals surface area contributed by atoms with E-state index < -0.39 is 12.4 Å². The highest BCUT2D eigenvalue weighted by Gasteiger charge is 2.28. The standard InChI is InChI=1S/C8H8BF3NO/c10-9(11,12)6-3-4-13-8(5-6)14-7-1-2-7/h3-5,7H,1-2H2/q-1. The van der Waals surface area contributed by atoms with Gasteiger partial charge in [0, 0.05) is 6.20 Å². The van der Waals surface area contributed by atoms with Gasteiger partial charge in [-0.1, -0.05) is 6.07 Å². The largest absolute Gasteiger partial charge is 0.509 e. The Morgan fingerprint density at radius 3 is 2.64 bits per heavy atom. The molecule has 1 heterocycles. The second kappa shape index (κ2) is 3.18. The Bertz CT molecular complexity index is 338. The van der Waals surface area contributed by atoms with E-state index in [2.05, 4.69) is 4.98 Å². The molecule has 0 bridgehead atoms. The van der Waals surface area contributed by atoms with Crippen molar-refractivity contribution in [2.45, 2.75) is 18.9 Å². The van der Waals surface area contributed by atoms with Gasteiger partial charge in [0.2, 0.25) is 5.88 Å². The Kier molecular flexibility index (Phi) is 2.13. The van der Waals surface area contributed by atoms with Crippen LogP contribution in [0.15, 0.2) is 18.3 Å². The summed E-state index contributed by atoms with van der Waals surface area (Å²) < 4.78 is 42.1. The lowest BCUT2D eigenvalue weighted by Gasteiger charge is -2.15. The minimum Gasteiger partial charge on any atom is -0.474 e. The van der Waals surface area contributed by atoms with Crippen molar-refractivity contribution < 1.29 is 17.7 Å². The van der Waals surface area contributed by atoms with Gasteiger partial charge in [0.05, 0.1) is 0 Å². The molecule has 0 aromatic carbocycles. The van der Waals surface area contributed by atoms with Crippen molar-refractivity contribution in [1.29, 1.82) is 0 Å². The molecule has 1 saturated carbocycles. The van der Waals surface area contributed by atoms with Crippen LogP contribution < -0.4 is 10.2 Å². The molecular formula is C8H8BF3NO-. The summed E-state index contributed by atoms with van der Waals surface area (Å²) in [4.78, 5) is 3.72. The van der Waals surface area contributed by atoms with Gasteiger partial charge in [-0.05, 0) is 18.9 Å². The number of aromatic nitrogens is 1. The number of pyridine rings is 1. The molecule has 0 amide bonds. The Labute approximate surface area is 79.2 Å². The summed E-state index contributed by atoms with van der Waals surface area (Å²) in [6, 6.07) is 1.91. The smallest absolute Gasteiger partial charge is 0.474 e. The maximum Gasteiger partial charge on any atom is 0.509 e. The SMILES string of the molecule is F[B-](F)(F)c1ccnc(OC2CC2)c1. The van der Waals surface area contributed by atoms with Crippen molar-refractivity contribution in [2.24, 2.45) is 0 Å². The van der Waals surface area contributed by atoms with Gasteiger partial charge in [-0.25, -0.2) is 4.98 Å². The van der Waals surface area contributed by atoms with Crippen LogP contribution in [0.5, 0.6) is 5.88 Å². The zero-order valence-corrected chi connectivity index (χ0v) is 7.29. The molecule has 76 valence electrons. The number of ether oxygens (including phenoxy) is 1. The normalized spacial score (nSPS) is 16.8. The highest BCUT2D eigenvalue weighted by atomic mass is 19.4. The van der Waals surface area contributed by atoms with Crippen molar-refractivity contribution in [2.75, 3.05) is 0 Å². The van der Waals surface area contributed by atoms with Crippen LogP contribution in [0.4, 0.5) is 12.9 Å². The van der Waals surface area contributed by atoms with E-state index in [4.69, 9.17) is 4.74 Å². The first-order valence-electron chi connectivity index (χ1n) is 4.38. The Balaban J connectivity index is 2.17. The molecule has 0 radical (unpaired) electrons. The van der Waals surface area contributed by atoms with E-state index >= 15 is 0 Å². The van der Waals surface area contributed by atoms with Crippen LogP contribution in [0.3, 0.4) is 0 Å². The van der Waals surface area contributed by atoms with Crippen molar-refractivity contribution in [1.82, 2.24) is 4.98 Å². The molecule has 14 heavy (non-hydrogen) atoms. The van der Waals surface area contributed by atoms with Gasteiger partial charge >= 0.3 is 6.98 Å². The van der Waals surface area contributed by atoms with Gasteiger partial charge in [-0.2, -0.15) is 0 Å². The second-order valence-corrected chi connectivity index (χ2v) is 3.32. The van der Waals surface area contributed by atoms with Crippen LogP contribution in [0.1, 0.15) is 12.8 Å². The molecule has 0 N–H and O–H groups in total. The van der Waals surface area contributed by atoms with Crippen molar-refractivity contribution in [3.05, 3.63) is 18.3 Å². The molecular weight excluding hydrogens is 194 g/mol. The fourth-order valence-corrected chi connectivity index (χ4v) is 1.05. The lowest BCUT2D eigenvalue weighted by molar-refractivity contribution is 0.291. The fourth-order valence-electron chi connectivity index (χ4n) is 1.05. The van der Waals surface area contributed by atoms with Gasteiger partial charge in [0.1, 0.15) is 6.10 Å². The average molecular weight is 202 g/mol. The third-order valence-corrected chi connectivity index (χ3v) is 1.95. The fraction of sp³-hybridized carbons (Fsp3) is 0.375. The number of nitrogens with zero attached hydrogens (tertiary/aromatic N) is 1. The first kappa shape index (κ1) is 9.36. The van der Waals surface area contributed by atoms with Crippen LogP contribution >= 0.6 is 0 Å². The topological polar surface area (TPSA) is 22.1 Å². The minimum atomic E-state index is -4.95. The lowest BCUT2D eigenvalue weighted by atomic mass is 9.81. The molecule has 0 spiro atoms. The van der Waals surface area contributed by atoms with Gasteiger partial charge in [0.25, 0.3) is 0 Å². The summed E-state index contributed by atoms with van der Waals surface area (Å²) in [5, 5.41) is 0. The van der Waals surface area contributed by atoms with Gasteiger partial charge in [0.15, 0.2) is 0 Å². The van der Waals surface area contributed by atoms with Crippen LogP contribution in [0.25, 0.3) is 0 Å². The van der Waals surface area contributed by atoms with E-state index in [0.717, 1.165) is 31.2 Å². The first-order valence-corrected chi connectivity index (χ1v) is 4.38. The highest BCUT2D eigenvalue weighted by molar-refractivity contribution is 6.73. The van der Waals surface area contributed by atoms with Gasteiger partial charge in [-0.15, -0.1) is 5.46 Å². The second-order valence-electron chi connectivity index (χ2n) is 3.32. The molecule has 2 nitrogen and oxygen atoms in total. The number of rotatable bonds is 3. The lowest BCUT2D eigenvalue weighted by Crippen LogP contribution is -2.34. The zero-order valence-electron chi connectivity index (χ0n) is 7.29. The van der Waals surface area contributed by atoms with E-state index in [1.807, 2.05) is 0 Å². The summed E-state index contributed by atoms with van der Waals surface area (Å²) in [6.45, 7) is -4.95. The zero-order chi connectivity index (χ0) is 10.2. The van der Waals surface area contributed by atoms with E-state index in [9.17, 15) is 12.9 Å². The van der Waals surface area contributed by atoms with Crippen LogP contribution in [0, 0.1) is 0 Å². The van der Waals surface area contributed by atoms with Crippen LogP contribution in [0.2, 0.25) is 0 Å². The maximum atomic E-state index is 12.3. The van der Waals surface area contributed by atoms with E-state index in [-0.39, 0.29) is 12.0 Å². The monoisotopic (exact) mass is 202 g/mol. The van der Waals surface area contributed by atoms with Gasteiger partial charge < -0.3 is 17.7 Å². The molecule has 0 aliphatic heterocycles. The molecule has 0 atom stereocenters. The Hall–Kier alpha value is -1.20. The third kappa shape index (κ3) is 2.18. The minimum absolute atomic E-state index is 0.0680. The molecule has 0 saturated heterocycles. The number of hydrogen-bond donors (Lipinski definition) is 0. The average Bonchev–Trinajstić information content (AvgIpc) is 2.87. The van der Waals surface area contributed by atoms with E-state index in [1.165, 1.54) is 0 Å². The molecule has 1 aromatic rings. The summed E-state index contributed by atoms with van der Waals surface area (Å²) in [6.07, 6.45) is 3.01. The van der Waals surface area contributed by atoms with Crippen molar-refractivity contribution in [3.63, 3.8) is 0 Å². The molecule has 2 rings (SSSR count). The summed E-state index contributed by atoms with van der Waals surface area (Å²) in [5.74, 6) is 0.0733. The third-order valence-electron chi connectivity index (χ3n) is 1.95. The van der Waals surface area contributed by atoms with Crippen molar-refractivity contribution in [3.8, 4) is 5.88 Å². The predicted molar refractivity (Wildman–Crippen MR) is 46.6 cm³/mol. The van der Waals surface area contributed by atoms with Crippen molar-refractivity contribution >= 4 is 12.4 Å². The first-order chi connectivity index (χ1) is 6.55. The van der Waals surface area contributed by atoms with E-state index in [0.29, 0.717) is 0 Å². The summed E-state index contributed by atoms with van der Waals surface area (Å²) in [7, 11) is 0. The summed E-state index contributed by atoms with van der Waals surface area (Å²) >= 11 is 0. The molecule has 1 aliphatic carbocycles. The number of hydrogen-bond acceptors (Lipinski definition) is 2. The van der Waals surface area contributed by atoms with E-state index in [1.54, 1.807) is 0 Å². The van der Waals surface area contributed by atoms with Crippen LogP contribution in [-0.4, -0.2) is 18.1 Å². The Morgan fingerprint density at radius 2 is 2.07 bits per heavy atom.